The molecule has 0 unspecified atom stereocenters. The predicted octanol–water partition coefficient (Wildman–Crippen LogP) is -0.101. The second-order valence-corrected chi connectivity index (χ2v) is 4.69. The molecular formula is C12H17N5O3. The lowest BCUT2D eigenvalue weighted by Crippen LogP contribution is -2.24. The van der Waals surface area contributed by atoms with Gasteiger partial charge in [-0.05, 0) is 6.92 Å². The lowest BCUT2D eigenvalue weighted by atomic mass is 10.2. The Morgan fingerprint density at radius 1 is 1.45 bits per heavy atom. The zero-order valence-electron chi connectivity index (χ0n) is 11.1. The molecule has 1 aliphatic heterocycles. The molecule has 3 heterocycles. The molecular weight excluding hydrogens is 262 g/mol. The zero-order valence-corrected chi connectivity index (χ0v) is 11.1. The van der Waals surface area contributed by atoms with E-state index in [9.17, 15) is 5.11 Å². The topological polar surface area (TPSA) is 105 Å². The fraction of sp³-hybridized carbons (Fsp3) is 0.583. The molecule has 1 fully saturated rings. The molecule has 8 heteroatoms. The maximum Gasteiger partial charge on any atom is 0.167 e. The van der Waals surface area contributed by atoms with Crippen LogP contribution in [0.2, 0.25) is 0 Å². The van der Waals surface area contributed by atoms with Gasteiger partial charge in [0.1, 0.15) is 18.7 Å². The molecule has 108 valence electrons. The lowest BCUT2D eigenvalue weighted by molar-refractivity contribution is -0.0432. The third-order valence-electron chi connectivity index (χ3n) is 3.40. The average Bonchev–Trinajstić information content (AvgIpc) is 3.03. The average molecular weight is 279 g/mol. The zero-order chi connectivity index (χ0) is 14.1. The number of nitrogens with zero attached hydrogens (tertiary/aromatic N) is 4. The summed E-state index contributed by atoms with van der Waals surface area (Å²) in [4.78, 5) is 12.7. The van der Waals surface area contributed by atoms with Crippen LogP contribution in [-0.2, 0) is 4.74 Å². The van der Waals surface area contributed by atoms with Crippen LogP contribution in [0.1, 0.15) is 19.6 Å². The maximum atomic E-state index is 9.81. The van der Waals surface area contributed by atoms with Crippen molar-refractivity contribution >= 4 is 17.0 Å². The highest BCUT2D eigenvalue weighted by Crippen LogP contribution is 2.31. The lowest BCUT2D eigenvalue weighted by Gasteiger charge is -2.13. The molecule has 0 aliphatic carbocycles. The van der Waals surface area contributed by atoms with Crippen molar-refractivity contribution in [2.45, 2.75) is 31.8 Å². The van der Waals surface area contributed by atoms with Crippen molar-refractivity contribution in [3.63, 3.8) is 0 Å². The van der Waals surface area contributed by atoms with E-state index in [1.165, 1.54) is 6.33 Å². The first-order chi connectivity index (χ1) is 9.74. The van der Waals surface area contributed by atoms with E-state index in [1.807, 2.05) is 6.92 Å². The van der Waals surface area contributed by atoms with Gasteiger partial charge in [-0.1, -0.05) is 0 Å². The van der Waals surface area contributed by atoms with Gasteiger partial charge in [-0.15, -0.1) is 0 Å². The summed E-state index contributed by atoms with van der Waals surface area (Å²) in [6, 6.07) is 0. The van der Waals surface area contributed by atoms with E-state index in [2.05, 4.69) is 20.3 Å². The van der Waals surface area contributed by atoms with Crippen LogP contribution >= 0.6 is 0 Å². The Labute approximate surface area is 115 Å². The minimum atomic E-state index is -0.683. The molecule has 8 nitrogen and oxygen atoms in total. The molecule has 20 heavy (non-hydrogen) atoms. The van der Waals surface area contributed by atoms with E-state index in [-0.39, 0.29) is 12.8 Å². The van der Waals surface area contributed by atoms with Crippen molar-refractivity contribution in [1.29, 1.82) is 0 Å². The van der Waals surface area contributed by atoms with Crippen molar-refractivity contribution in [2.24, 2.45) is 0 Å². The predicted molar refractivity (Wildman–Crippen MR) is 71.1 cm³/mol. The van der Waals surface area contributed by atoms with Crippen LogP contribution in [-0.4, -0.2) is 55.1 Å². The maximum absolute atomic E-state index is 9.81. The van der Waals surface area contributed by atoms with E-state index in [4.69, 9.17) is 9.84 Å². The van der Waals surface area contributed by atoms with Crippen molar-refractivity contribution in [2.75, 3.05) is 18.5 Å². The Bertz CT molecular complexity index is 602. The Morgan fingerprint density at radius 2 is 2.30 bits per heavy atom. The molecule has 1 aliphatic rings. The van der Waals surface area contributed by atoms with Crippen molar-refractivity contribution in [3.05, 3.63) is 12.7 Å². The summed E-state index contributed by atoms with van der Waals surface area (Å²) in [6.07, 6.45) is 1.86. The number of aliphatic hydroxyl groups is 2. The molecule has 0 radical (unpaired) electrons. The van der Waals surface area contributed by atoms with E-state index in [0.29, 0.717) is 23.4 Å². The molecule has 2 aromatic rings. The standard InChI is InChI=1S/C12H17N5O3/c1-2-13-11-10-12(15-5-14-11)17(6-16-10)9-3-7(19)8(4-18)20-9/h5-9,18-19H,2-4H2,1H3,(H,13,14,15)/t7-,8+,9+/m0/s1. The van der Waals surface area contributed by atoms with Crippen LogP contribution in [0.5, 0.6) is 0 Å². The monoisotopic (exact) mass is 279 g/mol. The second-order valence-electron chi connectivity index (χ2n) is 4.69. The van der Waals surface area contributed by atoms with Crippen LogP contribution in [0.3, 0.4) is 0 Å². The number of imidazole rings is 1. The van der Waals surface area contributed by atoms with Gasteiger partial charge in [0.25, 0.3) is 0 Å². The first-order valence-electron chi connectivity index (χ1n) is 6.60. The number of fused-ring (bicyclic) bond motifs is 1. The minimum absolute atomic E-state index is 0.206. The van der Waals surface area contributed by atoms with Gasteiger partial charge >= 0.3 is 0 Å². The third kappa shape index (κ3) is 2.11. The summed E-state index contributed by atoms with van der Waals surface area (Å²) in [5.74, 6) is 0.675. The Kier molecular flexibility index (Phi) is 3.51. The summed E-state index contributed by atoms with van der Waals surface area (Å²) in [6.45, 7) is 2.51. The van der Waals surface area contributed by atoms with Gasteiger partial charge in [0.05, 0.1) is 19.0 Å². The first-order valence-corrected chi connectivity index (χ1v) is 6.60. The number of nitrogens with one attached hydrogen (secondary N) is 1. The van der Waals surface area contributed by atoms with Gasteiger partial charge in [-0.2, -0.15) is 0 Å². The summed E-state index contributed by atoms with van der Waals surface area (Å²) in [7, 11) is 0. The summed E-state index contributed by atoms with van der Waals surface area (Å²) >= 11 is 0. The van der Waals surface area contributed by atoms with E-state index in [0.717, 1.165) is 6.54 Å². The second kappa shape index (κ2) is 5.31. The fourth-order valence-corrected chi connectivity index (χ4v) is 2.41. The highest BCUT2D eigenvalue weighted by molar-refractivity contribution is 5.82. The largest absolute Gasteiger partial charge is 0.394 e. The molecule has 0 saturated carbocycles. The van der Waals surface area contributed by atoms with E-state index in [1.54, 1.807) is 10.9 Å². The van der Waals surface area contributed by atoms with Gasteiger partial charge in [-0.3, -0.25) is 4.57 Å². The summed E-state index contributed by atoms with van der Waals surface area (Å²) < 4.78 is 7.38. The van der Waals surface area contributed by atoms with Crippen molar-refractivity contribution in [3.8, 4) is 0 Å². The molecule has 3 rings (SSSR count). The number of aromatic nitrogens is 4. The molecule has 0 aromatic carbocycles. The molecule has 0 spiro atoms. The normalized spacial score (nSPS) is 26.2. The van der Waals surface area contributed by atoms with Gasteiger partial charge < -0.3 is 20.3 Å². The van der Waals surface area contributed by atoms with Crippen LogP contribution in [0.4, 0.5) is 5.82 Å². The molecule has 2 aromatic heterocycles. The number of hydrogen-bond donors (Lipinski definition) is 3. The Morgan fingerprint density at radius 3 is 3.00 bits per heavy atom. The van der Waals surface area contributed by atoms with Crippen LogP contribution in [0.25, 0.3) is 11.2 Å². The van der Waals surface area contributed by atoms with Crippen molar-refractivity contribution < 1.29 is 14.9 Å². The van der Waals surface area contributed by atoms with Gasteiger partial charge in [0, 0.05) is 13.0 Å². The molecule has 0 bridgehead atoms. The Hall–Kier alpha value is -1.77. The van der Waals surface area contributed by atoms with Crippen LogP contribution < -0.4 is 5.32 Å². The highest BCUT2D eigenvalue weighted by Gasteiger charge is 2.35. The SMILES string of the molecule is CCNc1ncnc2c1ncn2[C@H]1C[C@H](O)[C@@H](CO)O1. The Balaban J connectivity index is 1.95. The quantitative estimate of drug-likeness (QED) is 0.717. The fourth-order valence-electron chi connectivity index (χ4n) is 2.41. The summed E-state index contributed by atoms with van der Waals surface area (Å²) in [5, 5.41) is 22.1. The first kappa shape index (κ1) is 13.2. The molecule has 0 amide bonds. The van der Waals surface area contributed by atoms with E-state index >= 15 is 0 Å². The third-order valence-corrected chi connectivity index (χ3v) is 3.40. The number of ether oxygens (including phenoxy) is 1. The van der Waals surface area contributed by atoms with Gasteiger partial charge in [0.2, 0.25) is 0 Å². The smallest absolute Gasteiger partial charge is 0.167 e. The van der Waals surface area contributed by atoms with Crippen LogP contribution in [0, 0.1) is 0 Å². The molecule has 1 saturated heterocycles. The summed E-state index contributed by atoms with van der Waals surface area (Å²) in [5.41, 5.74) is 1.31. The number of aliphatic hydroxyl groups excluding tert-OH is 2. The molecule has 3 atom stereocenters. The van der Waals surface area contributed by atoms with Crippen LogP contribution in [0.15, 0.2) is 12.7 Å². The number of rotatable bonds is 4. The van der Waals surface area contributed by atoms with Crippen molar-refractivity contribution in [1.82, 2.24) is 19.5 Å². The van der Waals surface area contributed by atoms with Gasteiger partial charge in [-0.25, -0.2) is 15.0 Å². The number of hydrogen-bond acceptors (Lipinski definition) is 7. The van der Waals surface area contributed by atoms with E-state index < -0.39 is 12.2 Å². The van der Waals surface area contributed by atoms with Gasteiger partial charge in [0.15, 0.2) is 17.0 Å². The molecule has 3 N–H and O–H groups in total. The number of anilines is 1. The minimum Gasteiger partial charge on any atom is -0.394 e. The highest BCUT2D eigenvalue weighted by atomic mass is 16.5.